The molecule has 1 heterocycles. The van der Waals surface area contributed by atoms with Crippen LogP contribution >= 0.6 is 0 Å². The van der Waals surface area contributed by atoms with E-state index in [9.17, 15) is 13.2 Å². The number of nitrogens with zero attached hydrogens (tertiary/aromatic N) is 2. The van der Waals surface area contributed by atoms with Gasteiger partial charge in [0.1, 0.15) is 11.9 Å². The van der Waals surface area contributed by atoms with Crippen molar-refractivity contribution < 1.29 is 13.2 Å². The number of pyridine rings is 1. The van der Waals surface area contributed by atoms with E-state index in [0.717, 1.165) is 0 Å². The second-order valence-electron chi connectivity index (χ2n) is 6.15. The lowest BCUT2D eigenvalue weighted by Crippen LogP contribution is -2.32. The first-order valence-corrected chi connectivity index (χ1v) is 10.3. The van der Waals surface area contributed by atoms with Crippen LogP contribution in [0.25, 0.3) is 0 Å². The van der Waals surface area contributed by atoms with Gasteiger partial charge in [-0.3, -0.25) is 4.79 Å². The zero-order valence-corrected chi connectivity index (χ0v) is 16.6. The molecule has 28 heavy (non-hydrogen) atoms. The minimum Gasteiger partial charge on any atom is -0.367 e. The number of hydrogen-bond donors (Lipinski definition) is 3. The summed E-state index contributed by atoms with van der Waals surface area (Å²) < 4.78 is 27.0. The lowest BCUT2D eigenvalue weighted by atomic mass is 10.2. The Morgan fingerprint density at radius 2 is 1.93 bits per heavy atom. The first-order chi connectivity index (χ1) is 13.4. The lowest BCUT2D eigenvalue weighted by molar-refractivity contribution is 0.0955. The van der Waals surface area contributed by atoms with Crippen molar-refractivity contribution in [2.45, 2.75) is 31.2 Å². The molecule has 1 aromatic carbocycles. The van der Waals surface area contributed by atoms with Crippen molar-refractivity contribution in [3.8, 4) is 6.07 Å². The average Bonchev–Trinajstić information content (AvgIpc) is 2.71. The van der Waals surface area contributed by atoms with Gasteiger partial charge >= 0.3 is 0 Å². The number of sulfonamides is 1. The summed E-state index contributed by atoms with van der Waals surface area (Å²) in [6.45, 7) is 4.39. The molecule has 8 nitrogen and oxygen atoms in total. The Hall–Kier alpha value is -2.96. The van der Waals surface area contributed by atoms with Gasteiger partial charge in [0.15, 0.2) is 0 Å². The van der Waals surface area contributed by atoms with Crippen molar-refractivity contribution in [1.82, 2.24) is 15.0 Å². The van der Waals surface area contributed by atoms with Crippen molar-refractivity contribution >= 4 is 21.7 Å². The number of benzene rings is 1. The summed E-state index contributed by atoms with van der Waals surface area (Å²) in [5.41, 5.74) is 0.787. The van der Waals surface area contributed by atoms with E-state index in [1.807, 2.05) is 13.0 Å². The maximum atomic E-state index is 12.2. The largest absolute Gasteiger partial charge is 0.367 e. The smallest absolute Gasteiger partial charge is 0.251 e. The molecule has 2 rings (SSSR count). The predicted octanol–water partition coefficient (Wildman–Crippen LogP) is 1.87. The second kappa shape index (κ2) is 9.82. The van der Waals surface area contributed by atoms with Crippen LogP contribution in [0.5, 0.6) is 0 Å². The van der Waals surface area contributed by atoms with Crippen LogP contribution in [-0.2, 0) is 10.0 Å². The van der Waals surface area contributed by atoms with E-state index in [-0.39, 0.29) is 16.8 Å². The first-order valence-electron chi connectivity index (χ1n) is 8.87. The third-order valence-corrected chi connectivity index (χ3v) is 5.63. The summed E-state index contributed by atoms with van der Waals surface area (Å²) in [5, 5.41) is 14.7. The standard InChI is InChI=1S/C19H23N5O3S/c1-3-14(2)24-28(26,27)17-8-6-15(7-9-17)19(25)23-12-11-22-18-16(13-20)5-4-10-21-18/h4-10,14,24H,3,11-12H2,1-2H3,(H,21,22)(H,23,25). The van der Waals surface area contributed by atoms with E-state index in [4.69, 9.17) is 5.26 Å². The van der Waals surface area contributed by atoms with Gasteiger partial charge in [-0.25, -0.2) is 18.1 Å². The summed E-state index contributed by atoms with van der Waals surface area (Å²) in [4.78, 5) is 16.4. The number of anilines is 1. The third-order valence-electron chi connectivity index (χ3n) is 4.03. The van der Waals surface area contributed by atoms with Gasteiger partial charge < -0.3 is 10.6 Å². The monoisotopic (exact) mass is 401 g/mol. The molecule has 0 spiro atoms. The summed E-state index contributed by atoms with van der Waals surface area (Å²) >= 11 is 0. The van der Waals surface area contributed by atoms with Gasteiger partial charge in [-0.05, 0) is 49.7 Å². The minimum absolute atomic E-state index is 0.116. The van der Waals surface area contributed by atoms with Gasteiger partial charge in [0.25, 0.3) is 5.91 Å². The molecule has 9 heteroatoms. The van der Waals surface area contributed by atoms with Gasteiger partial charge in [0, 0.05) is 30.9 Å². The zero-order chi connectivity index (χ0) is 20.6. The topological polar surface area (TPSA) is 124 Å². The average molecular weight is 401 g/mol. The first kappa shape index (κ1) is 21.3. The maximum absolute atomic E-state index is 12.2. The molecule has 2 aromatic rings. The van der Waals surface area contributed by atoms with Crippen LogP contribution in [-0.4, -0.2) is 38.4 Å². The Balaban J connectivity index is 1.89. The fourth-order valence-corrected chi connectivity index (χ4v) is 3.62. The highest BCUT2D eigenvalue weighted by atomic mass is 32.2. The van der Waals surface area contributed by atoms with E-state index in [1.54, 1.807) is 25.3 Å². The number of nitrogens with one attached hydrogen (secondary N) is 3. The number of nitriles is 1. The number of carbonyl (C=O) groups excluding carboxylic acids is 1. The number of rotatable bonds is 9. The summed E-state index contributed by atoms with van der Waals surface area (Å²) in [6.07, 6.45) is 2.26. The number of carbonyl (C=O) groups is 1. The van der Waals surface area contributed by atoms with Crippen molar-refractivity contribution in [2.24, 2.45) is 0 Å². The summed E-state index contributed by atoms with van der Waals surface area (Å²) in [5.74, 6) is 0.143. The van der Waals surface area contributed by atoms with E-state index in [2.05, 4.69) is 20.3 Å². The van der Waals surface area contributed by atoms with Gasteiger partial charge in [-0.1, -0.05) is 6.92 Å². The zero-order valence-electron chi connectivity index (χ0n) is 15.8. The summed E-state index contributed by atoms with van der Waals surface area (Å²) in [7, 11) is -3.60. The van der Waals surface area contributed by atoms with Gasteiger partial charge in [-0.2, -0.15) is 5.26 Å². The van der Waals surface area contributed by atoms with Crippen molar-refractivity contribution in [3.05, 3.63) is 53.7 Å². The van der Waals surface area contributed by atoms with Crippen LogP contribution in [0.1, 0.15) is 36.2 Å². The molecule has 3 N–H and O–H groups in total. The fraction of sp³-hybridized carbons (Fsp3) is 0.316. The molecule has 0 radical (unpaired) electrons. The minimum atomic E-state index is -3.60. The van der Waals surface area contributed by atoms with Gasteiger partial charge in [-0.15, -0.1) is 0 Å². The maximum Gasteiger partial charge on any atom is 0.251 e. The van der Waals surface area contributed by atoms with E-state index in [0.29, 0.717) is 36.5 Å². The lowest BCUT2D eigenvalue weighted by Gasteiger charge is -2.12. The number of hydrogen-bond acceptors (Lipinski definition) is 6. The Morgan fingerprint density at radius 3 is 2.57 bits per heavy atom. The molecule has 0 aliphatic heterocycles. The van der Waals surface area contributed by atoms with Crippen LogP contribution in [0.3, 0.4) is 0 Å². The molecule has 1 aromatic heterocycles. The molecular formula is C19H23N5O3S. The highest BCUT2D eigenvalue weighted by Gasteiger charge is 2.17. The van der Waals surface area contributed by atoms with Crippen LogP contribution in [0.15, 0.2) is 47.5 Å². The Morgan fingerprint density at radius 1 is 1.21 bits per heavy atom. The van der Waals surface area contributed by atoms with Gasteiger partial charge in [0.05, 0.1) is 10.5 Å². The molecule has 0 aliphatic rings. The predicted molar refractivity (Wildman–Crippen MR) is 106 cm³/mol. The molecule has 0 saturated carbocycles. The fourth-order valence-electron chi connectivity index (χ4n) is 2.30. The third kappa shape index (κ3) is 5.77. The Bertz CT molecular complexity index is 952. The van der Waals surface area contributed by atoms with Crippen molar-refractivity contribution in [1.29, 1.82) is 5.26 Å². The van der Waals surface area contributed by atoms with Crippen LogP contribution in [0.2, 0.25) is 0 Å². The van der Waals surface area contributed by atoms with Gasteiger partial charge in [0.2, 0.25) is 10.0 Å². The molecule has 148 valence electrons. The van der Waals surface area contributed by atoms with E-state index >= 15 is 0 Å². The Labute approximate surface area is 165 Å². The number of aromatic nitrogens is 1. The molecule has 1 unspecified atom stereocenters. The van der Waals surface area contributed by atoms with Crippen LogP contribution in [0.4, 0.5) is 5.82 Å². The quantitative estimate of drug-likeness (QED) is 0.551. The van der Waals surface area contributed by atoms with E-state index in [1.165, 1.54) is 24.3 Å². The molecular weight excluding hydrogens is 378 g/mol. The molecule has 1 amide bonds. The molecule has 1 atom stereocenters. The van der Waals surface area contributed by atoms with Crippen LogP contribution < -0.4 is 15.4 Å². The normalized spacial score (nSPS) is 12.0. The highest BCUT2D eigenvalue weighted by Crippen LogP contribution is 2.12. The molecule has 0 bridgehead atoms. The summed E-state index contributed by atoms with van der Waals surface area (Å²) in [6, 6.07) is 11.0. The van der Waals surface area contributed by atoms with Crippen LogP contribution in [0, 0.1) is 11.3 Å². The highest BCUT2D eigenvalue weighted by molar-refractivity contribution is 7.89. The number of amides is 1. The SMILES string of the molecule is CCC(C)NS(=O)(=O)c1ccc(C(=O)NCCNc2ncccc2C#N)cc1. The van der Waals surface area contributed by atoms with E-state index < -0.39 is 10.0 Å². The van der Waals surface area contributed by atoms with Crippen molar-refractivity contribution in [3.63, 3.8) is 0 Å². The molecule has 0 fully saturated rings. The molecule has 0 saturated heterocycles. The Kier molecular flexibility index (Phi) is 7.49. The molecule has 0 aliphatic carbocycles. The second-order valence-corrected chi connectivity index (χ2v) is 7.86. The van der Waals surface area contributed by atoms with Crippen molar-refractivity contribution in [2.75, 3.05) is 18.4 Å².